The third-order valence-electron chi connectivity index (χ3n) is 4.38. The Hall–Kier alpha value is -3.19. The highest BCUT2D eigenvalue weighted by Crippen LogP contribution is 2.34. The van der Waals surface area contributed by atoms with Gasteiger partial charge in [-0.2, -0.15) is 18.4 Å². The average Bonchev–Trinajstić information content (AvgIpc) is 3.08. The Bertz CT molecular complexity index is 1220. The number of halogens is 3. The fraction of sp³-hybridized carbons (Fsp3) is 0.211. The second kappa shape index (κ2) is 7.33. The summed E-state index contributed by atoms with van der Waals surface area (Å²) in [7, 11) is -2.41. The van der Waals surface area contributed by atoms with Crippen molar-refractivity contribution in [3.63, 3.8) is 0 Å². The smallest absolute Gasteiger partial charge is 0.326 e. The van der Waals surface area contributed by atoms with Gasteiger partial charge in [-0.05, 0) is 18.2 Å². The fourth-order valence-corrected chi connectivity index (χ4v) is 3.86. The zero-order valence-electron chi connectivity index (χ0n) is 15.4. The van der Waals surface area contributed by atoms with Crippen molar-refractivity contribution in [1.29, 1.82) is 5.26 Å². The van der Waals surface area contributed by atoms with Crippen LogP contribution in [0.15, 0.2) is 47.6 Å². The van der Waals surface area contributed by atoms with Crippen LogP contribution in [0.4, 0.5) is 13.2 Å². The molecule has 0 spiro atoms. The minimum absolute atomic E-state index is 0.100. The van der Waals surface area contributed by atoms with Gasteiger partial charge >= 0.3 is 6.18 Å². The number of alkyl halides is 3. The molecule has 0 bridgehead atoms. The highest BCUT2D eigenvalue weighted by Gasteiger charge is 2.34. The molecule has 2 heterocycles. The van der Waals surface area contributed by atoms with Crippen molar-refractivity contribution >= 4 is 9.84 Å². The van der Waals surface area contributed by atoms with Gasteiger partial charge in [0.2, 0.25) is 0 Å². The normalized spacial score (nSPS) is 12.0. The lowest BCUT2D eigenvalue weighted by atomic mass is 10.1. The standard InChI is InChI=1S/C19H15F3N4O2S/c1-3-29(27,28)16-8-14(19(20,21)22)10-24-17(16)18-25-11-15(26(18)2)13-6-4-5-12(7-13)9-23/h4-8,10-11H,3H2,1-2H3. The first-order valence-corrected chi connectivity index (χ1v) is 10.1. The summed E-state index contributed by atoms with van der Waals surface area (Å²) in [5, 5.41) is 9.07. The van der Waals surface area contributed by atoms with Crippen molar-refractivity contribution in [2.75, 3.05) is 5.75 Å². The number of aromatic nitrogens is 3. The lowest BCUT2D eigenvalue weighted by Gasteiger charge is -2.13. The molecule has 0 radical (unpaired) electrons. The number of hydrogen-bond acceptors (Lipinski definition) is 5. The van der Waals surface area contributed by atoms with E-state index in [1.54, 1.807) is 31.3 Å². The zero-order chi connectivity index (χ0) is 21.4. The van der Waals surface area contributed by atoms with Crippen molar-refractivity contribution < 1.29 is 21.6 Å². The highest BCUT2D eigenvalue weighted by atomic mass is 32.2. The summed E-state index contributed by atoms with van der Waals surface area (Å²) in [5.74, 6) is -0.284. The van der Waals surface area contributed by atoms with Crippen LogP contribution in [0.25, 0.3) is 22.8 Å². The van der Waals surface area contributed by atoms with Gasteiger partial charge in [0.25, 0.3) is 0 Å². The molecule has 0 aliphatic heterocycles. The van der Waals surface area contributed by atoms with E-state index in [0.717, 1.165) is 0 Å². The molecule has 0 aliphatic carbocycles. The molecule has 3 aromatic rings. The minimum atomic E-state index is -4.73. The second-order valence-corrected chi connectivity index (χ2v) is 8.44. The topological polar surface area (TPSA) is 88.6 Å². The first-order chi connectivity index (χ1) is 13.6. The summed E-state index contributed by atoms with van der Waals surface area (Å²) in [4.78, 5) is 7.46. The van der Waals surface area contributed by atoms with E-state index in [4.69, 9.17) is 5.26 Å². The summed E-state index contributed by atoms with van der Waals surface area (Å²) in [5.41, 5.74) is 0.317. The first-order valence-electron chi connectivity index (χ1n) is 8.41. The van der Waals surface area contributed by atoms with E-state index in [9.17, 15) is 21.6 Å². The molecule has 0 saturated carbocycles. The van der Waals surface area contributed by atoms with Crippen LogP contribution >= 0.6 is 0 Å². The number of pyridine rings is 1. The fourth-order valence-electron chi connectivity index (χ4n) is 2.81. The molecule has 0 atom stereocenters. The number of nitriles is 1. The van der Waals surface area contributed by atoms with Gasteiger partial charge in [-0.1, -0.05) is 19.1 Å². The molecule has 0 saturated heterocycles. The van der Waals surface area contributed by atoms with Gasteiger partial charge in [-0.3, -0.25) is 4.98 Å². The third kappa shape index (κ3) is 3.86. The Labute approximate surface area is 165 Å². The summed E-state index contributed by atoms with van der Waals surface area (Å²) in [6, 6.07) is 9.30. The van der Waals surface area contributed by atoms with E-state index >= 15 is 0 Å². The van der Waals surface area contributed by atoms with Gasteiger partial charge in [-0.25, -0.2) is 13.4 Å². The van der Waals surface area contributed by atoms with E-state index < -0.39 is 26.5 Å². The Balaban J connectivity index is 2.22. The van der Waals surface area contributed by atoms with Gasteiger partial charge in [0.1, 0.15) is 5.69 Å². The largest absolute Gasteiger partial charge is 0.417 e. The van der Waals surface area contributed by atoms with Crippen LogP contribution in [-0.4, -0.2) is 28.7 Å². The molecule has 0 amide bonds. The number of benzene rings is 1. The lowest BCUT2D eigenvalue weighted by molar-refractivity contribution is -0.138. The quantitative estimate of drug-likeness (QED) is 0.640. The van der Waals surface area contributed by atoms with Crippen LogP contribution < -0.4 is 0 Å². The number of imidazole rings is 1. The average molecular weight is 420 g/mol. The number of rotatable bonds is 4. The molecule has 1 aromatic carbocycles. The Morgan fingerprint density at radius 3 is 2.52 bits per heavy atom. The van der Waals surface area contributed by atoms with Crippen LogP contribution in [0.3, 0.4) is 0 Å². The molecule has 10 heteroatoms. The summed E-state index contributed by atoms with van der Waals surface area (Å²) < 4.78 is 65.7. The second-order valence-electron chi connectivity index (χ2n) is 6.19. The monoisotopic (exact) mass is 420 g/mol. The number of hydrogen-bond donors (Lipinski definition) is 0. The first kappa shape index (κ1) is 20.5. The Morgan fingerprint density at radius 2 is 1.90 bits per heavy atom. The molecule has 0 unspecified atom stereocenters. The van der Waals surface area contributed by atoms with Crippen molar-refractivity contribution in [3.05, 3.63) is 53.9 Å². The maximum atomic E-state index is 13.1. The zero-order valence-corrected chi connectivity index (χ0v) is 16.2. The van der Waals surface area contributed by atoms with Gasteiger partial charge in [-0.15, -0.1) is 0 Å². The number of sulfone groups is 1. The van der Waals surface area contributed by atoms with E-state index in [2.05, 4.69) is 9.97 Å². The number of nitrogens with zero attached hydrogens (tertiary/aromatic N) is 4. The predicted molar refractivity (Wildman–Crippen MR) is 99.3 cm³/mol. The molecule has 0 aliphatic rings. The van der Waals surface area contributed by atoms with Crippen LogP contribution in [-0.2, 0) is 23.1 Å². The van der Waals surface area contributed by atoms with Crippen LogP contribution in [0, 0.1) is 11.3 Å². The van der Waals surface area contributed by atoms with Crippen molar-refractivity contribution in [3.8, 4) is 28.8 Å². The molecule has 3 rings (SSSR count). The summed E-state index contributed by atoms with van der Waals surface area (Å²) >= 11 is 0. The molecule has 6 nitrogen and oxygen atoms in total. The maximum absolute atomic E-state index is 13.1. The van der Waals surface area contributed by atoms with Crippen LogP contribution in [0.5, 0.6) is 0 Å². The highest BCUT2D eigenvalue weighted by molar-refractivity contribution is 7.91. The molecule has 0 fully saturated rings. The molecule has 0 N–H and O–H groups in total. The van der Waals surface area contributed by atoms with Gasteiger partial charge in [0.05, 0.1) is 39.7 Å². The molecular weight excluding hydrogens is 405 g/mol. The molecule has 150 valence electrons. The SMILES string of the molecule is CCS(=O)(=O)c1cc(C(F)(F)F)cnc1-c1ncc(-c2cccc(C#N)c2)n1C. The van der Waals surface area contributed by atoms with Crippen LogP contribution in [0.1, 0.15) is 18.1 Å². The van der Waals surface area contributed by atoms with Gasteiger partial charge in [0.15, 0.2) is 15.7 Å². The van der Waals surface area contributed by atoms with Crippen molar-refractivity contribution in [2.45, 2.75) is 18.0 Å². The van der Waals surface area contributed by atoms with E-state index in [1.807, 2.05) is 6.07 Å². The maximum Gasteiger partial charge on any atom is 0.417 e. The van der Waals surface area contributed by atoms with Gasteiger partial charge in [0, 0.05) is 18.8 Å². The molecule has 2 aromatic heterocycles. The molecular formula is C19H15F3N4O2S. The van der Waals surface area contributed by atoms with Gasteiger partial charge < -0.3 is 4.57 Å². The third-order valence-corrected chi connectivity index (χ3v) is 6.12. The van der Waals surface area contributed by atoms with E-state index in [-0.39, 0.29) is 17.3 Å². The van der Waals surface area contributed by atoms with Crippen LogP contribution in [0.2, 0.25) is 0 Å². The van der Waals surface area contributed by atoms with E-state index in [1.165, 1.54) is 17.7 Å². The summed E-state index contributed by atoms with van der Waals surface area (Å²) in [6.45, 7) is 1.34. The molecule has 29 heavy (non-hydrogen) atoms. The van der Waals surface area contributed by atoms with Crippen molar-refractivity contribution in [1.82, 2.24) is 14.5 Å². The Kier molecular flexibility index (Phi) is 5.19. The lowest BCUT2D eigenvalue weighted by Crippen LogP contribution is -2.13. The summed E-state index contributed by atoms with van der Waals surface area (Å²) in [6.07, 6.45) is -2.68. The predicted octanol–water partition coefficient (Wildman–Crippen LogP) is 3.83. The van der Waals surface area contributed by atoms with Crippen molar-refractivity contribution in [2.24, 2.45) is 7.05 Å². The van der Waals surface area contributed by atoms with E-state index in [0.29, 0.717) is 29.1 Å². The minimum Gasteiger partial charge on any atom is -0.326 e. The Morgan fingerprint density at radius 1 is 1.17 bits per heavy atom.